The number of aliphatic hydroxyl groups is 1. The van der Waals surface area contributed by atoms with Gasteiger partial charge in [0.1, 0.15) is 0 Å². The van der Waals surface area contributed by atoms with E-state index in [2.05, 4.69) is 20.8 Å². The predicted octanol–water partition coefficient (Wildman–Crippen LogP) is 4.00. The molecular formula is C15H28O. The van der Waals surface area contributed by atoms with Crippen molar-refractivity contribution in [3.05, 3.63) is 0 Å². The summed E-state index contributed by atoms with van der Waals surface area (Å²) in [4.78, 5) is 0. The van der Waals surface area contributed by atoms with Gasteiger partial charge in [0.25, 0.3) is 0 Å². The third kappa shape index (κ3) is 2.61. The number of hydrogen-bond acceptors (Lipinski definition) is 1. The van der Waals surface area contributed by atoms with E-state index >= 15 is 0 Å². The minimum Gasteiger partial charge on any atom is -0.393 e. The average molecular weight is 224 g/mol. The Labute approximate surface area is 101 Å². The molecule has 0 heterocycles. The smallest absolute Gasteiger partial charge is 0.0543 e. The zero-order chi connectivity index (χ0) is 11.8. The van der Waals surface area contributed by atoms with E-state index in [0.717, 1.165) is 30.6 Å². The third-order valence-corrected chi connectivity index (χ3v) is 5.07. The molecule has 0 aromatic rings. The molecule has 0 saturated heterocycles. The first kappa shape index (κ1) is 12.4. The van der Waals surface area contributed by atoms with Gasteiger partial charge in [0.05, 0.1) is 6.10 Å². The molecule has 2 saturated carbocycles. The molecule has 94 valence electrons. The maximum absolute atomic E-state index is 9.77. The zero-order valence-corrected chi connectivity index (χ0v) is 11.2. The van der Waals surface area contributed by atoms with Crippen molar-refractivity contribution >= 4 is 0 Å². The second kappa shape index (κ2) is 4.68. The molecule has 0 aromatic carbocycles. The molecule has 2 rings (SSSR count). The summed E-state index contributed by atoms with van der Waals surface area (Å²) in [6.07, 6.45) is 8.98. The summed E-state index contributed by atoms with van der Waals surface area (Å²) in [6, 6.07) is 0. The molecule has 0 bridgehead atoms. The van der Waals surface area contributed by atoms with E-state index in [4.69, 9.17) is 0 Å². The first-order valence-electron chi connectivity index (χ1n) is 7.17. The normalized spacial score (nSPS) is 44.4. The molecule has 2 aliphatic carbocycles. The number of aliphatic hydroxyl groups excluding tert-OH is 1. The Balaban J connectivity index is 1.96. The molecule has 0 aromatic heterocycles. The molecule has 2 fully saturated rings. The summed E-state index contributed by atoms with van der Waals surface area (Å²) in [7, 11) is 0. The van der Waals surface area contributed by atoms with Crippen LogP contribution < -0.4 is 0 Å². The first-order valence-corrected chi connectivity index (χ1v) is 7.17. The number of rotatable bonds is 2. The molecule has 0 amide bonds. The minimum absolute atomic E-state index is 0.000256. The van der Waals surface area contributed by atoms with Gasteiger partial charge in [0, 0.05) is 0 Å². The van der Waals surface area contributed by atoms with Crippen LogP contribution in [0.2, 0.25) is 0 Å². The van der Waals surface area contributed by atoms with Gasteiger partial charge >= 0.3 is 0 Å². The van der Waals surface area contributed by atoms with E-state index in [1.807, 2.05) is 0 Å². The van der Waals surface area contributed by atoms with Crippen LogP contribution in [-0.2, 0) is 0 Å². The summed E-state index contributed by atoms with van der Waals surface area (Å²) >= 11 is 0. The van der Waals surface area contributed by atoms with Crippen molar-refractivity contribution in [2.75, 3.05) is 0 Å². The summed E-state index contributed by atoms with van der Waals surface area (Å²) < 4.78 is 0. The molecule has 1 nitrogen and oxygen atoms in total. The largest absolute Gasteiger partial charge is 0.393 e. The van der Waals surface area contributed by atoms with Crippen LogP contribution in [0.25, 0.3) is 0 Å². The Morgan fingerprint density at radius 3 is 2.69 bits per heavy atom. The quantitative estimate of drug-likeness (QED) is 0.751. The standard InChI is InChI=1S/C15H28O/c1-11(2)8-12-4-5-13-9-14(16)6-7-15(13,3)10-12/h11-14,16H,4-10H2,1-3H3. The Morgan fingerprint density at radius 1 is 1.25 bits per heavy atom. The van der Waals surface area contributed by atoms with Crippen LogP contribution in [-0.4, -0.2) is 11.2 Å². The number of fused-ring (bicyclic) bond motifs is 1. The van der Waals surface area contributed by atoms with Crippen molar-refractivity contribution in [2.24, 2.45) is 23.2 Å². The molecule has 0 radical (unpaired) electrons. The van der Waals surface area contributed by atoms with Gasteiger partial charge in [-0.2, -0.15) is 0 Å². The van der Waals surface area contributed by atoms with Gasteiger partial charge in [-0.15, -0.1) is 0 Å². The Bertz CT molecular complexity index is 236. The highest BCUT2D eigenvalue weighted by atomic mass is 16.3. The molecule has 4 unspecified atom stereocenters. The lowest BCUT2D eigenvalue weighted by Crippen LogP contribution is -2.41. The lowest BCUT2D eigenvalue weighted by molar-refractivity contribution is -0.0270. The maximum atomic E-state index is 9.77. The van der Waals surface area contributed by atoms with Crippen molar-refractivity contribution in [3.63, 3.8) is 0 Å². The summed E-state index contributed by atoms with van der Waals surface area (Å²) in [5, 5.41) is 9.77. The van der Waals surface area contributed by atoms with Crippen LogP contribution in [0.4, 0.5) is 0 Å². The Morgan fingerprint density at radius 2 is 2.00 bits per heavy atom. The van der Waals surface area contributed by atoms with E-state index in [1.165, 1.54) is 32.1 Å². The molecule has 1 N–H and O–H groups in total. The molecular weight excluding hydrogens is 196 g/mol. The van der Waals surface area contributed by atoms with E-state index < -0.39 is 0 Å². The highest BCUT2D eigenvalue weighted by Crippen LogP contribution is 2.52. The summed E-state index contributed by atoms with van der Waals surface area (Å²) in [5.74, 6) is 2.61. The molecule has 16 heavy (non-hydrogen) atoms. The SMILES string of the molecule is CC(C)CC1CCC2CC(O)CCC2(C)C1. The van der Waals surface area contributed by atoms with Crippen LogP contribution in [0.1, 0.15) is 65.7 Å². The molecule has 4 atom stereocenters. The topological polar surface area (TPSA) is 20.2 Å². The van der Waals surface area contributed by atoms with Crippen molar-refractivity contribution in [1.29, 1.82) is 0 Å². The first-order chi connectivity index (χ1) is 7.49. The summed E-state index contributed by atoms with van der Waals surface area (Å²) in [6.45, 7) is 7.17. The molecule has 2 aliphatic rings. The second-order valence-electron chi connectivity index (χ2n) is 7.06. The van der Waals surface area contributed by atoms with Crippen LogP contribution in [0.15, 0.2) is 0 Å². The van der Waals surface area contributed by atoms with Crippen LogP contribution in [0, 0.1) is 23.2 Å². The Hall–Kier alpha value is -0.0400. The highest BCUT2D eigenvalue weighted by molar-refractivity contribution is 4.94. The van der Waals surface area contributed by atoms with E-state index in [1.54, 1.807) is 0 Å². The molecule has 1 heteroatoms. The van der Waals surface area contributed by atoms with Crippen LogP contribution in [0.3, 0.4) is 0 Å². The van der Waals surface area contributed by atoms with Crippen LogP contribution in [0.5, 0.6) is 0 Å². The van der Waals surface area contributed by atoms with E-state index in [0.29, 0.717) is 5.41 Å². The minimum atomic E-state index is -0.000256. The Kier molecular flexibility index (Phi) is 3.63. The highest BCUT2D eigenvalue weighted by Gasteiger charge is 2.43. The van der Waals surface area contributed by atoms with Gasteiger partial charge in [-0.05, 0) is 61.7 Å². The van der Waals surface area contributed by atoms with E-state index in [-0.39, 0.29) is 6.10 Å². The number of hydrogen-bond donors (Lipinski definition) is 1. The van der Waals surface area contributed by atoms with Crippen LogP contribution >= 0.6 is 0 Å². The second-order valence-corrected chi connectivity index (χ2v) is 7.06. The van der Waals surface area contributed by atoms with Gasteiger partial charge in [-0.1, -0.05) is 27.2 Å². The van der Waals surface area contributed by atoms with E-state index in [9.17, 15) is 5.11 Å². The third-order valence-electron chi connectivity index (χ3n) is 5.07. The van der Waals surface area contributed by atoms with Gasteiger partial charge in [0.15, 0.2) is 0 Å². The fourth-order valence-electron chi connectivity index (χ4n) is 4.23. The maximum Gasteiger partial charge on any atom is 0.0543 e. The van der Waals surface area contributed by atoms with Gasteiger partial charge in [0.2, 0.25) is 0 Å². The van der Waals surface area contributed by atoms with Gasteiger partial charge < -0.3 is 5.11 Å². The predicted molar refractivity (Wildman–Crippen MR) is 68.3 cm³/mol. The average Bonchev–Trinajstić information content (AvgIpc) is 2.18. The summed E-state index contributed by atoms with van der Waals surface area (Å²) in [5.41, 5.74) is 0.553. The van der Waals surface area contributed by atoms with Gasteiger partial charge in [-0.25, -0.2) is 0 Å². The van der Waals surface area contributed by atoms with Crippen molar-refractivity contribution in [3.8, 4) is 0 Å². The fourth-order valence-corrected chi connectivity index (χ4v) is 4.23. The molecule has 0 spiro atoms. The lowest BCUT2D eigenvalue weighted by Gasteiger charge is -2.49. The van der Waals surface area contributed by atoms with Crippen molar-refractivity contribution in [2.45, 2.75) is 71.8 Å². The van der Waals surface area contributed by atoms with Gasteiger partial charge in [-0.3, -0.25) is 0 Å². The monoisotopic (exact) mass is 224 g/mol. The zero-order valence-electron chi connectivity index (χ0n) is 11.2. The van der Waals surface area contributed by atoms with Crippen molar-refractivity contribution < 1.29 is 5.11 Å². The fraction of sp³-hybridized carbons (Fsp3) is 1.00. The van der Waals surface area contributed by atoms with Crippen molar-refractivity contribution in [1.82, 2.24) is 0 Å². The molecule has 0 aliphatic heterocycles. The lowest BCUT2D eigenvalue weighted by atomic mass is 9.57.